The number of aliphatic hydroxyl groups is 1. The van der Waals surface area contributed by atoms with Crippen LogP contribution in [0.3, 0.4) is 0 Å². The first-order valence-corrected chi connectivity index (χ1v) is 16.0. The Balaban J connectivity index is 1.81. The van der Waals surface area contributed by atoms with Crippen molar-refractivity contribution in [1.29, 1.82) is 0 Å². The quantitative estimate of drug-likeness (QED) is 0.149. The van der Waals surface area contributed by atoms with Crippen LogP contribution in [0.2, 0.25) is 0 Å². The van der Waals surface area contributed by atoms with Gasteiger partial charge in [0.1, 0.15) is 0 Å². The topological polar surface area (TPSA) is 36.4 Å². The summed E-state index contributed by atoms with van der Waals surface area (Å²) in [7, 11) is 0. The predicted molar refractivity (Wildman–Crippen MR) is 169 cm³/mol. The van der Waals surface area contributed by atoms with Gasteiger partial charge >= 0.3 is 0 Å². The lowest BCUT2D eigenvalue weighted by atomic mass is 10.0. The van der Waals surface area contributed by atoms with E-state index in [9.17, 15) is 5.11 Å². The molecule has 1 atom stereocenters. The molecule has 1 aromatic heterocycles. The summed E-state index contributed by atoms with van der Waals surface area (Å²) in [4.78, 5) is 7.48. The molecule has 0 radical (unpaired) electrons. The van der Waals surface area contributed by atoms with E-state index in [0.29, 0.717) is 6.54 Å². The molecule has 1 unspecified atom stereocenters. The molecule has 1 heterocycles. The van der Waals surface area contributed by atoms with Crippen LogP contribution in [-0.4, -0.2) is 34.6 Å². The third kappa shape index (κ3) is 10.6. The van der Waals surface area contributed by atoms with Crippen LogP contribution in [0.4, 0.5) is 0 Å². The summed E-state index contributed by atoms with van der Waals surface area (Å²) in [6, 6.07) is 20.6. The van der Waals surface area contributed by atoms with E-state index in [-0.39, 0.29) is 0 Å². The Labute approximate surface area is 247 Å². The average Bonchev–Trinajstić information content (AvgIpc) is 2.93. The molecule has 0 fully saturated rings. The van der Waals surface area contributed by atoms with Crippen molar-refractivity contribution in [2.45, 2.75) is 84.2 Å². The van der Waals surface area contributed by atoms with Gasteiger partial charge in [-0.15, -0.1) is 0 Å². The minimum absolute atomic E-state index is 0.562. The van der Waals surface area contributed by atoms with Gasteiger partial charge in [0.25, 0.3) is 0 Å². The fourth-order valence-electron chi connectivity index (χ4n) is 4.80. The first-order chi connectivity index (χ1) is 18.5. The maximum atomic E-state index is 11.5. The summed E-state index contributed by atoms with van der Waals surface area (Å²) in [5, 5.41) is 11.5. The molecule has 0 saturated carbocycles. The van der Waals surface area contributed by atoms with Gasteiger partial charge in [-0.2, -0.15) is 0 Å². The van der Waals surface area contributed by atoms with Crippen LogP contribution < -0.4 is 0 Å². The lowest BCUT2D eigenvalue weighted by molar-refractivity contribution is 0.110. The van der Waals surface area contributed by atoms with Crippen LogP contribution in [0.15, 0.2) is 69.6 Å². The largest absolute Gasteiger partial charge is 0.387 e. The van der Waals surface area contributed by atoms with E-state index in [2.05, 4.69) is 87.0 Å². The van der Waals surface area contributed by atoms with Crippen LogP contribution in [0.25, 0.3) is 22.5 Å². The van der Waals surface area contributed by atoms with Gasteiger partial charge in [0.2, 0.25) is 0 Å². The number of aromatic nitrogens is 1. The zero-order valence-corrected chi connectivity index (χ0v) is 26.3. The van der Waals surface area contributed by atoms with Gasteiger partial charge < -0.3 is 10.0 Å². The SMILES string of the molecule is CCCCCCCN(CCCCCCC)CC(O)c1cc(-c2ccc(Br)cc2)nc(-c2ccc(Br)cc2)c1. The molecule has 0 aliphatic heterocycles. The third-order valence-corrected chi connectivity index (χ3v) is 8.16. The van der Waals surface area contributed by atoms with Crippen molar-refractivity contribution in [1.82, 2.24) is 9.88 Å². The van der Waals surface area contributed by atoms with E-state index in [1.54, 1.807) is 0 Å². The number of rotatable bonds is 17. The van der Waals surface area contributed by atoms with Crippen molar-refractivity contribution in [3.63, 3.8) is 0 Å². The molecule has 3 nitrogen and oxygen atoms in total. The second kappa shape index (κ2) is 17.2. The Hall–Kier alpha value is -1.53. The minimum Gasteiger partial charge on any atom is -0.387 e. The Bertz CT molecular complexity index is 992. The lowest BCUT2D eigenvalue weighted by Gasteiger charge is -2.26. The standard InChI is InChI=1S/C33H44Br2N2O/c1-3-5-7-9-11-21-37(22-12-10-8-6-4-2)25-33(38)28-23-31(26-13-17-29(34)18-14-26)36-32(24-28)27-15-19-30(35)20-16-27/h13-20,23-24,33,38H,3-12,21-22,25H2,1-2H3. The highest BCUT2D eigenvalue weighted by atomic mass is 79.9. The molecule has 206 valence electrons. The molecule has 0 aliphatic rings. The molecule has 0 saturated heterocycles. The monoisotopic (exact) mass is 642 g/mol. The van der Waals surface area contributed by atoms with Crippen LogP contribution in [0.5, 0.6) is 0 Å². The number of benzene rings is 2. The van der Waals surface area contributed by atoms with Gasteiger partial charge in [-0.1, -0.05) is 121 Å². The van der Waals surface area contributed by atoms with E-state index >= 15 is 0 Å². The van der Waals surface area contributed by atoms with Crippen molar-refractivity contribution in [3.05, 3.63) is 75.2 Å². The van der Waals surface area contributed by atoms with E-state index < -0.39 is 6.10 Å². The van der Waals surface area contributed by atoms with E-state index in [0.717, 1.165) is 50.1 Å². The van der Waals surface area contributed by atoms with Crippen LogP contribution in [0, 0.1) is 0 Å². The maximum absolute atomic E-state index is 11.5. The van der Waals surface area contributed by atoms with E-state index in [1.807, 2.05) is 24.3 Å². The molecule has 5 heteroatoms. The molecule has 0 amide bonds. The second-order valence-electron chi connectivity index (χ2n) is 10.3. The molecule has 0 spiro atoms. The van der Waals surface area contributed by atoms with Crippen LogP contribution >= 0.6 is 31.9 Å². The highest BCUT2D eigenvalue weighted by Crippen LogP contribution is 2.29. The molecule has 3 aromatic rings. The maximum Gasteiger partial charge on any atom is 0.0918 e. The normalized spacial score (nSPS) is 12.3. The first kappa shape index (κ1) is 31.0. The predicted octanol–water partition coefficient (Wildman–Crippen LogP) is 10.2. The average molecular weight is 645 g/mol. The number of nitrogens with zero attached hydrogens (tertiary/aromatic N) is 2. The summed E-state index contributed by atoms with van der Waals surface area (Å²) in [5.74, 6) is 0. The molecule has 1 N–H and O–H groups in total. The lowest BCUT2D eigenvalue weighted by Crippen LogP contribution is -2.31. The van der Waals surface area contributed by atoms with Crippen molar-refractivity contribution in [2.75, 3.05) is 19.6 Å². The fourth-order valence-corrected chi connectivity index (χ4v) is 5.33. The van der Waals surface area contributed by atoms with Gasteiger partial charge in [-0.3, -0.25) is 0 Å². The number of unbranched alkanes of at least 4 members (excludes halogenated alkanes) is 8. The van der Waals surface area contributed by atoms with Crippen molar-refractivity contribution in [2.24, 2.45) is 0 Å². The zero-order chi connectivity index (χ0) is 27.2. The summed E-state index contributed by atoms with van der Waals surface area (Å²) < 4.78 is 2.08. The number of aliphatic hydroxyl groups excluding tert-OH is 1. The van der Waals surface area contributed by atoms with E-state index in [1.165, 1.54) is 64.2 Å². The van der Waals surface area contributed by atoms with Crippen LogP contribution in [-0.2, 0) is 0 Å². The molecule has 38 heavy (non-hydrogen) atoms. The summed E-state index contributed by atoms with van der Waals surface area (Å²) in [6.45, 7) is 7.29. The molecule has 2 aromatic carbocycles. The molecule has 3 rings (SSSR count). The number of hydrogen-bond acceptors (Lipinski definition) is 3. The summed E-state index contributed by atoms with van der Waals surface area (Å²) >= 11 is 7.08. The molecule has 0 aliphatic carbocycles. The van der Waals surface area contributed by atoms with Crippen molar-refractivity contribution >= 4 is 31.9 Å². The smallest absolute Gasteiger partial charge is 0.0918 e. The highest BCUT2D eigenvalue weighted by Gasteiger charge is 2.17. The van der Waals surface area contributed by atoms with Gasteiger partial charge in [0.05, 0.1) is 17.5 Å². The van der Waals surface area contributed by atoms with Gasteiger partial charge in [-0.25, -0.2) is 4.98 Å². The van der Waals surface area contributed by atoms with Crippen LogP contribution in [0.1, 0.15) is 89.7 Å². The van der Waals surface area contributed by atoms with Crippen molar-refractivity contribution in [3.8, 4) is 22.5 Å². The Kier molecular flexibility index (Phi) is 14.1. The molecule has 0 bridgehead atoms. The first-order valence-electron chi connectivity index (χ1n) is 14.4. The summed E-state index contributed by atoms with van der Waals surface area (Å²) in [6.07, 6.45) is 12.2. The van der Waals surface area contributed by atoms with Gasteiger partial charge in [0.15, 0.2) is 0 Å². The fraction of sp³-hybridized carbons (Fsp3) is 0.485. The molecular weight excluding hydrogens is 600 g/mol. The Morgan fingerprint density at radius 1 is 0.658 bits per heavy atom. The Morgan fingerprint density at radius 2 is 1.08 bits per heavy atom. The number of hydrogen-bond donors (Lipinski definition) is 1. The third-order valence-electron chi connectivity index (χ3n) is 7.10. The van der Waals surface area contributed by atoms with Crippen molar-refractivity contribution < 1.29 is 5.11 Å². The van der Waals surface area contributed by atoms with E-state index in [4.69, 9.17) is 4.98 Å². The highest BCUT2D eigenvalue weighted by molar-refractivity contribution is 9.10. The number of halogens is 2. The minimum atomic E-state index is -0.562. The summed E-state index contributed by atoms with van der Waals surface area (Å²) in [5.41, 5.74) is 4.79. The van der Waals surface area contributed by atoms with Gasteiger partial charge in [0, 0.05) is 26.6 Å². The second-order valence-corrected chi connectivity index (χ2v) is 12.2. The number of pyridine rings is 1. The van der Waals surface area contributed by atoms with Gasteiger partial charge in [-0.05, 0) is 67.9 Å². The zero-order valence-electron chi connectivity index (χ0n) is 23.1. The molecular formula is C33H44Br2N2O. The Morgan fingerprint density at radius 3 is 1.50 bits per heavy atom.